The molecular weight excluding hydrogens is 256 g/mol. The third kappa shape index (κ3) is 4.53. The van der Waals surface area contributed by atoms with Crippen molar-refractivity contribution in [3.8, 4) is 0 Å². The topological polar surface area (TPSA) is 73.9 Å². The number of fused-ring (bicyclic) bond motifs is 1. The largest absolute Gasteiger partial charge is 0.399 e. The summed E-state index contributed by atoms with van der Waals surface area (Å²) in [7, 11) is 0. The summed E-state index contributed by atoms with van der Waals surface area (Å²) in [6.45, 7) is 0. The minimum absolute atomic E-state index is 0. The lowest BCUT2D eigenvalue weighted by atomic mass is 10.2. The molecule has 0 aliphatic carbocycles. The van der Waals surface area contributed by atoms with Gasteiger partial charge in [0.15, 0.2) is 0 Å². The first-order valence-electron chi connectivity index (χ1n) is 3.46. The molecule has 1 aromatic carbocycles. The van der Waals surface area contributed by atoms with Gasteiger partial charge >= 0.3 is 0 Å². The smallest absolute Gasteiger partial charge is 0.0703 e. The number of aromatic nitrogens is 1. The normalized spacial score (nSPS) is 7.47. The second-order valence-corrected chi connectivity index (χ2v) is 2.46. The summed E-state index contributed by atoms with van der Waals surface area (Å²) < 4.78 is 0. The quantitative estimate of drug-likeness (QED) is 0.722. The maximum atomic E-state index is 5.60. The van der Waals surface area contributed by atoms with Crippen LogP contribution in [0.3, 0.4) is 0 Å². The van der Waals surface area contributed by atoms with Crippen LogP contribution in [0.2, 0.25) is 0 Å². The Labute approximate surface area is 107 Å². The van der Waals surface area contributed by atoms with Gasteiger partial charge in [-0.2, -0.15) is 0 Å². The van der Waals surface area contributed by atoms with Crippen LogP contribution in [0.5, 0.6) is 0 Å². The van der Waals surface area contributed by atoms with Crippen LogP contribution in [0.1, 0.15) is 0 Å². The zero-order valence-corrected chi connectivity index (χ0v) is 10.4. The summed E-state index contributed by atoms with van der Waals surface area (Å²) in [5.74, 6) is 0. The molecule has 0 amide bonds. The first kappa shape index (κ1) is 19.8. The summed E-state index contributed by atoms with van der Waals surface area (Å²) in [6, 6.07) is 9.60. The number of anilines is 1. The number of nitrogens with two attached hydrogens (primary N) is 1. The van der Waals surface area contributed by atoms with E-state index in [1.807, 2.05) is 30.3 Å². The molecule has 0 saturated carbocycles. The van der Waals surface area contributed by atoms with Gasteiger partial charge in [-0.3, -0.25) is 4.98 Å². The lowest BCUT2D eigenvalue weighted by Gasteiger charge is -1.96. The van der Waals surface area contributed by atoms with Gasteiger partial charge < -0.3 is 11.9 Å². The van der Waals surface area contributed by atoms with Crippen LogP contribution in [0, 0.1) is 0 Å². The summed E-state index contributed by atoms with van der Waals surface area (Å²) in [4.78, 5) is 4.17. The fourth-order valence-electron chi connectivity index (χ4n) is 1.09. The van der Waals surface area contributed by atoms with Crippen LogP contribution >= 0.6 is 37.2 Å². The van der Waals surface area contributed by atoms with Crippen LogP contribution < -0.4 is 11.9 Å². The highest BCUT2D eigenvalue weighted by atomic mass is 35.5. The van der Waals surface area contributed by atoms with Gasteiger partial charge in [0.25, 0.3) is 0 Å². The summed E-state index contributed by atoms with van der Waals surface area (Å²) in [5.41, 5.74) is 7.37. The zero-order chi connectivity index (χ0) is 7.68. The van der Waals surface area contributed by atoms with Crippen molar-refractivity contribution in [1.29, 1.82) is 0 Å². The molecule has 0 fully saturated rings. The van der Waals surface area contributed by atoms with E-state index in [0.29, 0.717) is 0 Å². The second kappa shape index (κ2) is 8.56. The summed E-state index contributed by atoms with van der Waals surface area (Å²) in [5, 5.41) is 1.09. The van der Waals surface area contributed by atoms with Gasteiger partial charge in [-0.05, 0) is 24.3 Å². The molecule has 0 atom stereocenters. The second-order valence-electron chi connectivity index (χ2n) is 2.46. The molecule has 0 aliphatic rings. The van der Waals surface area contributed by atoms with Gasteiger partial charge in [0.1, 0.15) is 0 Å². The van der Waals surface area contributed by atoms with Gasteiger partial charge in [0, 0.05) is 17.3 Å². The predicted molar refractivity (Wildman–Crippen MR) is 72.9 cm³/mol. The Kier molecular flexibility index (Phi) is 11.3. The molecule has 0 saturated heterocycles. The van der Waals surface area contributed by atoms with Crippen LogP contribution in [-0.4, -0.2) is 4.98 Å². The van der Waals surface area contributed by atoms with Gasteiger partial charge in [-0.15, -0.1) is 37.2 Å². The molecule has 1 aromatic heterocycles. The van der Waals surface area contributed by atoms with Crippen molar-refractivity contribution in [2.24, 2.45) is 0 Å². The molecule has 2 aromatic rings. The number of nitrogen functional groups attached to an aromatic ring is 1. The molecule has 1 heterocycles. The molecule has 6 heteroatoms. The molecule has 5 N–H and O–H groups in total. The van der Waals surface area contributed by atoms with Gasteiger partial charge in [-0.1, -0.05) is 6.07 Å². The number of nitrogens with zero attached hydrogens (tertiary/aromatic N) is 1. The molecule has 15 heavy (non-hydrogen) atoms. The Morgan fingerprint density at radius 2 is 1.67 bits per heavy atom. The van der Waals surface area contributed by atoms with E-state index in [9.17, 15) is 0 Å². The number of hydrogen-bond donors (Lipinski definition) is 2. The van der Waals surface area contributed by atoms with Crippen LogP contribution in [-0.2, 0) is 0 Å². The van der Waals surface area contributed by atoms with Crippen molar-refractivity contribution in [1.82, 2.24) is 11.1 Å². The Balaban J connectivity index is -0.000000360. The number of pyridine rings is 1. The standard InChI is InChI=1S/C9H8N2.3ClH.H3N/c10-8-3-4-9-7(6-8)2-1-5-11-9;;;;/h1-6H,10H2;3*1H;1H3. The summed E-state index contributed by atoms with van der Waals surface area (Å²) >= 11 is 0. The first-order valence-corrected chi connectivity index (χ1v) is 3.46. The Morgan fingerprint density at radius 3 is 2.33 bits per heavy atom. The fourth-order valence-corrected chi connectivity index (χ4v) is 1.09. The van der Waals surface area contributed by atoms with Crippen molar-refractivity contribution in [2.75, 3.05) is 5.73 Å². The summed E-state index contributed by atoms with van der Waals surface area (Å²) in [6.07, 6.45) is 1.78. The zero-order valence-electron chi connectivity index (χ0n) is 7.92. The highest BCUT2D eigenvalue weighted by Crippen LogP contribution is 2.13. The van der Waals surface area contributed by atoms with E-state index in [-0.39, 0.29) is 43.4 Å². The Morgan fingerprint density at radius 1 is 1.00 bits per heavy atom. The van der Waals surface area contributed by atoms with Gasteiger partial charge in [-0.25, -0.2) is 0 Å². The van der Waals surface area contributed by atoms with Crippen molar-refractivity contribution < 1.29 is 0 Å². The lowest BCUT2D eigenvalue weighted by Crippen LogP contribution is -1.84. The maximum Gasteiger partial charge on any atom is 0.0703 e. The van der Waals surface area contributed by atoms with Crippen LogP contribution in [0.4, 0.5) is 5.69 Å². The molecule has 0 spiro atoms. The Hall–Kier alpha value is -0.740. The number of hydrogen-bond acceptors (Lipinski definition) is 3. The molecule has 0 aliphatic heterocycles. The maximum absolute atomic E-state index is 5.60. The molecule has 0 unspecified atom stereocenters. The van der Waals surface area contributed by atoms with Crippen LogP contribution in [0.15, 0.2) is 36.5 Å². The SMILES string of the molecule is Cl.Cl.Cl.N.Nc1ccc2ncccc2c1. The van der Waals surface area contributed by atoms with Gasteiger partial charge in [0.05, 0.1) is 5.52 Å². The van der Waals surface area contributed by atoms with E-state index in [1.54, 1.807) is 6.20 Å². The minimum Gasteiger partial charge on any atom is -0.399 e. The minimum atomic E-state index is 0. The molecular formula is C9H14Cl3N3. The monoisotopic (exact) mass is 269 g/mol. The highest BCUT2D eigenvalue weighted by molar-refractivity contribution is 5.86. The highest BCUT2D eigenvalue weighted by Gasteiger charge is 1.91. The van der Waals surface area contributed by atoms with E-state index >= 15 is 0 Å². The van der Waals surface area contributed by atoms with E-state index in [2.05, 4.69) is 4.98 Å². The predicted octanol–water partition coefficient (Wildman–Crippen LogP) is 3.24. The average Bonchev–Trinajstić information content (AvgIpc) is 2.04. The number of rotatable bonds is 0. The van der Waals surface area contributed by atoms with E-state index in [1.165, 1.54) is 0 Å². The van der Waals surface area contributed by atoms with E-state index in [4.69, 9.17) is 5.73 Å². The Bertz CT molecular complexity index is 395. The third-order valence-corrected chi connectivity index (χ3v) is 1.63. The van der Waals surface area contributed by atoms with E-state index < -0.39 is 0 Å². The molecule has 2 rings (SSSR count). The molecule has 0 radical (unpaired) electrons. The molecule has 3 nitrogen and oxygen atoms in total. The lowest BCUT2D eigenvalue weighted by molar-refractivity contribution is 1.41. The van der Waals surface area contributed by atoms with Crippen molar-refractivity contribution in [2.45, 2.75) is 0 Å². The van der Waals surface area contributed by atoms with E-state index in [0.717, 1.165) is 16.6 Å². The van der Waals surface area contributed by atoms with Crippen LogP contribution in [0.25, 0.3) is 10.9 Å². The average molecular weight is 271 g/mol. The van der Waals surface area contributed by atoms with Crippen molar-refractivity contribution in [3.63, 3.8) is 0 Å². The van der Waals surface area contributed by atoms with Gasteiger partial charge in [0.2, 0.25) is 0 Å². The molecule has 0 bridgehead atoms. The third-order valence-electron chi connectivity index (χ3n) is 1.63. The number of benzene rings is 1. The number of halogens is 3. The van der Waals surface area contributed by atoms with Crippen molar-refractivity contribution >= 4 is 53.8 Å². The fraction of sp³-hybridized carbons (Fsp3) is 0. The van der Waals surface area contributed by atoms with Crippen molar-refractivity contribution in [3.05, 3.63) is 36.5 Å². The molecule has 86 valence electrons. The first-order chi connectivity index (χ1) is 5.36.